The number of carboxylic acids is 1. The zero-order valence-electron chi connectivity index (χ0n) is 8.84. The van der Waals surface area contributed by atoms with Crippen LogP contribution in [0.1, 0.15) is 12.5 Å². The molecule has 0 saturated carbocycles. The molecule has 6 heteroatoms. The summed E-state index contributed by atoms with van der Waals surface area (Å²) in [5.41, 5.74) is 0.393. The summed E-state index contributed by atoms with van der Waals surface area (Å²) in [7, 11) is -4.31. The van der Waals surface area contributed by atoms with Crippen LogP contribution in [-0.4, -0.2) is 29.5 Å². The molecule has 0 bridgehead atoms. The Hall–Kier alpha value is -1.40. The third-order valence-electron chi connectivity index (χ3n) is 2.30. The maximum Gasteiger partial charge on any atom is 0.351 e. The predicted molar refractivity (Wildman–Crippen MR) is 56.6 cm³/mol. The van der Waals surface area contributed by atoms with Gasteiger partial charge >= 0.3 is 5.97 Å². The second-order valence-electron chi connectivity index (χ2n) is 3.56. The van der Waals surface area contributed by atoms with Crippen molar-refractivity contribution < 1.29 is 23.4 Å². The van der Waals surface area contributed by atoms with E-state index in [0.29, 0.717) is 5.56 Å². The Morgan fingerprint density at radius 1 is 1.31 bits per heavy atom. The van der Waals surface area contributed by atoms with Gasteiger partial charge in [0.1, 0.15) is 0 Å². The van der Waals surface area contributed by atoms with Crippen molar-refractivity contribution in [2.75, 3.05) is 0 Å². The number of sulfone groups is 1. The number of aliphatic hydroxyl groups is 1. The van der Waals surface area contributed by atoms with Crippen LogP contribution in [-0.2, 0) is 14.6 Å². The van der Waals surface area contributed by atoms with Gasteiger partial charge in [-0.3, -0.25) is 0 Å². The maximum atomic E-state index is 11.9. The average molecular weight is 244 g/mol. The van der Waals surface area contributed by atoms with E-state index in [4.69, 9.17) is 5.11 Å². The quantitative estimate of drug-likeness (QED) is 0.810. The SMILES string of the molecule is Cc1ccccc1S(=O)(=O)C(C)(O)C(=O)O. The zero-order chi connectivity index (χ0) is 12.6. The first-order valence-electron chi connectivity index (χ1n) is 4.47. The van der Waals surface area contributed by atoms with Crippen molar-refractivity contribution in [1.29, 1.82) is 0 Å². The molecule has 0 fully saturated rings. The van der Waals surface area contributed by atoms with Crippen molar-refractivity contribution in [2.45, 2.75) is 23.7 Å². The van der Waals surface area contributed by atoms with E-state index in [-0.39, 0.29) is 4.90 Å². The summed E-state index contributed by atoms with van der Waals surface area (Å²) in [6, 6.07) is 5.90. The predicted octanol–water partition coefficient (Wildman–Crippen LogP) is 0.562. The first-order chi connectivity index (χ1) is 7.21. The third-order valence-corrected chi connectivity index (χ3v) is 4.56. The molecule has 0 aliphatic heterocycles. The second-order valence-corrected chi connectivity index (χ2v) is 5.80. The van der Waals surface area contributed by atoms with E-state index in [9.17, 15) is 18.3 Å². The van der Waals surface area contributed by atoms with Crippen molar-refractivity contribution in [3.05, 3.63) is 29.8 Å². The van der Waals surface area contributed by atoms with Gasteiger partial charge in [-0.15, -0.1) is 0 Å². The number of hydrogen-bond donors (Lipinski definition) is 2. The van der Waals surface area contributed by atoms with Crippen LogP contribution in [0.4, 0.5) is 0 Å². The lowest BCUT2D eigenvalue weighted by Gasteiger charge is -2.19. The van der Waals surface area contributed by atoms with Gasteiger partial charge in [0.25, 0.3) is 4.93 Å². The van der Waals surface area contributed by atoms with Crippen LogP contribution in [0.25, 0.3) is 0 Å². The summed E-state index contributed by atoms with van der Waals surface area (Å²) in [6.07, 6.45) is 0. The largest absolute Gasteiger partial charge is 0.478 e. The molecule has 1 atom stereocenters. The first-order valence-corrected chi connectivity index (χ1v) is 5.95. The van der Waals surface area contributed by atoms with E-state index in [2.05, 4.69) is 0 Å². The molecule has 1 rings (SSSR count). The Morgan fingerprint density at radius 2 is 1.81 bits per heavy atom. The van der Waals surface area contributed by atoms with Gasteiger partial charge in [0.15, 0.2) is 0 Å². The Morgan fingerprint density at radius 3 is 2.25 bits per heavy atom. The Labute approximate surface area is 93.3 Å². The van der Waals surface area contributed by atoms with Crippen molar-refractivity contribution in [1.82, 2.24) is 0 Å². The van der Waals surface area contributed by atoms with Gasteiger partial charge < -0.3 is 10.2 Å². The van der Waals surface area contributed by atoms with Gasteiger partial charge in [0, 0.05) is 0 Å². The van der Waals surface area contributed by atoms with Crippen LogP contribution in [0.15, 0.2) is 29.2 Å². The van der Waals surface area contributed by atoms with Crippen molar-refractivity contribution in [3.63, 3.8) is 0 Å². The molecule has 1 aromatic carbocycles. The van der Waals surface area contributed by atoms with E-state index in [1.165, 1.54) is 25.1 Å². The van der Waals surface area contributed by atoms with Gasteiger partial charge in [-0.1, -0.05) is 18.2 Å². The highest BCUT2D eigenvalue weighted by Gasteiger charge is 2.46. The highest BCUT2D eigenvalue weighted by atomic mass is 32.2. The van der Waals surface area contributed by atoms with Crippen molar-refractivity contribution in [3.8, 4) is 0 Å². The fourth-order valence-electron chi connectivity index (χ4n) is 1.19. The van der Waals surface area contributed by atoms with Crippen LogP contribution in [0.2, 0.25) is 0 Å². The van der Waals surface area contributed by atoms with Crippen LogP contribution in [0.5, 0.6) is 0 Å². The fraction of sp³-hybridized carbons (Fsp3) is 0.300. The molecule has 0 radical (unpaired) electrons. The average Bonchev–Trinajstić information content (AvgIpc) is 2.17. The van der Waals surface area contributed by atoms with Gasteiger partial charge in [0.05, 0.1) is 4.90 Å². The third kappa shape index (κ3) is 1.81. The minimum atomic E-state index is -4.31. The topological polar surface area (TPSA) is 91.7 Å². The number of hydrogen-bond acceptors (Lipinski definition) is 4. The van der Waals surface area contributed by atoms with Gasteiger partial charge in [0.2, 0.25) is 9.84 Å². The molecule has 0 aliphatic rings. The lowest BCUT2D eigenvalue weighted by Crippen LogP contribution is -2.43. The summed E-state index contributed by atoms with van der Waals surface area (Å²) in [5, 5.41) is 18.2. The molecule has 1 aromatic rings. The van der Waals surface area contributed by atoms with Gasteiger partial charge in [-0.05, 0) is 25.5 Å². The molecule has 0 aliphatic carbocycles. The highest BCUT2D eigenvalue weighted by Crippen LogP contribution is 2.25. The maximum absolute atomic E-state index is 11.9. The minimum Gasteiger partial charge on any atom is -0.478 e. The monoisotopic (exact) mass is 244 g/mol. The van der Waals surface area contributed by atoms with E-state index < -0.39 is 20.7 Å². The molecule has 88 valence electrons. The molecule has 0 heterocycles. The summed E-state index contributed by atoms with van der Waals surface area (Å²) < 4.78 is 23.8. The van der Waals surface area contributed by atoms with E-state index in [1.54, 1.807) is 6.07 Å². The van der Waals surface area contributed by atoms with Crippen molar-refractivity contribution >= 4 is 15.8 Å². The minimum absolute atomic E-state index is 0.178. The molecule has 5 nitrogen and oxygen atoms in total. The first kappa shape index (κ1) is 12.7. The molecule has 16 heavy (non-hydrogen) atoms. The highest BCUT2D eigenvalue weighted by molar-refractivity contribution is 7.93. The number of carboxylic acid groups (broad SMARTS) is 1. The molecular weight excluding hydrogens is 232 g/mol. The van der Waals surface area contributed by atoms with Crippen molar-refractivity contribution in [2.24, 2.45) is 0 Å². The lowest BCUT2D eigenvalue weighted by atomic mass is 10.2. The summed E-state index contributed by atoms with van der Waals surface area (Å²) in [4.78, 5) is 7.72. The van der Waals surface area contributed by atoms with E-state index in [1.807, 2.05) is 0 Å². The van der Waals surface area contributed by atoms with Crippen LogP contribution < -0.4 is 0 Å². The smallest absolute Gasteiger partial charge is 0.351 e. The standard InChI is InChI=1S/C10H12O5S/c1-7-5-3-4-6-8(7)16(14,15)10(2,13)9(11)12/h3-6,13H,1-2H3,(H,11,12). The lowest BCUT2D eigenvalue weighted by molar-refractivity contribution is -0.148. The van der Waals surface area contributed by atoms with Gasteiger partial charge in [-0.2, -0.15) is 0 Å². The number of rotatable bonds is 3. The number of carbonyl (C=O) groups is 1. The Balaban J connectivity index is 3.45. The fourth-order valence-corrected chi connectivity index (χ4v) is 2.59. The molecule has 0 saturated heterocycles. The summed E-state index contributed by atoms with van der Waals surface area (Å²) >= 11 is 0. The molecule has 0 amide bonds. The number of benzene rings is 1. The molecule has 1 unspecified atom stereocenters. The second kappa shape index (κ2) is 3.88. The van der Waals surface area contributed by atoms with Crippen LogP contribution in [0, 0.1) is 6.92 Å². The zero-order valence-corrected chi connectivity index (χ0v) is 9.65. The van der Waals surface area contributed by atoms with Crippen LogP contribution in [0.3, 0.4) is 0 Å². The number of aliphatic carboxylic acids is 1. The summed E-state index contributed by atoms with van der Waals surface area (Å²) in [5.74, 6) is -1.80. The molecule has 0 spiro atoms. The van der Waals surface area contributed by atoms with Crippen LogP contribution >= 0.6 is 0 Å². The Bertz CT molecular complexity index is 516. The summed E-state index contributed by atoms with van der Waals surface area (Å²) in [6.45, 7) is 2.28. The molecular formula is C10H12O5S. The molecule has 2 N–H and O–H groups in total. The Kier molecular flexibility index (Phi) is 3.07. The van der Waals surface area contributed by atoms with Gasteiger partial charge in [-0.25, -0.2) is 13.2 Å². The van der Waals surface area contributed by atoms with E-state index >= 15 is 0 Å². The number of aryl methyl sites for hydroxylation is 1. The molecule has 0 aromatic heterocycles. The normalized spacial score (nSPS) is 15.4. The van der Waals surface area contributed by atoms with E-state index in [0.717, 1.165) is 6.92 Å².